The van der Waals surface area contributed by atoms with Gasteiger partial charge >= 0.3 is 0 Å². The van der Waals surface area contributed by atoms with Gasteiger partial charge in [-0.3, -0.25) is 4.79 Å². The van der Waals surface area contributed by atoms with E-state index in [4.69, 9.17) is 28.3 Å². The lowest BCUT2D eigenvalue weighted by Gasteiger charge is -2.33. The molecular formula is C26H25Cl2N5O. The summed E-state index contributed by atoms with van der Waals surface area (Å²) in [7, 11) is 0. The summed E-state index contributed by atoms with van der Waals surface area (Å²) in [6.07, 6.45) is 6.17. The average molecular weight is 494 g/mol. The Balaban J connectivity index is 1.28. The highest BCUT2D eigenvalue weighted by Gasteiger charge is 2.27. The van der Waals surface area contributed by atoms with Crippen LogP contribution in [-0.4, -0.2) is 40.1 Å². The fraction of sp³-hybridized carbons (Fsp3) is 0.269. The second kappa shape index (κ2) is 10.0. The number of anilines is 1. The van der Waals surface area contributed by atoms with Crippen molar-refractivity contribution in [2.75, 3.05) is 24.5 Å². The number of benzene rings is 2. The van der Waals surface area contributed by atoms with E-state index < -0.39 is 0 Å². The fourth-order valence-electron chi connectivity index (χ4n) is 4.46. The fourth-order valence-corrected chi connectivity index (χ4v) is 4.82. The van der Waals surface area contributed by atoms with E-state index in [1.54, 1.807) is 6.20 Å². The number of carbonyl (C=O) groups is 1. The molecule has 34 heavy (non-hydrogen) atoms. The first-order valence-electron chi connectivity index (χ1n) is 11.4. The molecule has 1 fully saturated rings. The van der Waals surface area contributed by atoms with E-state index in [9.17, 15) is 4.79 Å². The van der Waals surface area contributed by atoms with E-state index >= 15 is 0 Å². The zero-order valence-corrected chi connectivity index (χ0v) is 20.1. The lowest BCUT2D eigenvalue weighted by atomic mass is 9.97. The number of halogens is 2. The van der Waals surface area contributed by atoms with Gasteiger partial charge in [0.15, 0.2) is 5.82 Å². The monoisotopic (exact) mass is 493 g/mol. The van der Waals surface area contributed by atoms with E-state index in [1.165, 1.54) is 0 Å². The van der Waals surface area contributed by atoms with Gasteiger partial charge in [0.05, 0.1) is 16.6 Å². The Kier molecular flexibility index (Phi) is 6.70. The molecule has 4 aromatic rings. The number of fused-ring (bicyclic) bond motifs is 1. The zero-order valence-electron chi connectivity index (χ0n) is 18.6. The average Bonchev–Trinajstić information content (AvgIpc) is 3.30. The predicted molar refractivity (Wildman–Crippen MR) is 137 cm³/mol. The Labute approximate surface area is 208 Å². The van der Waals surface area contributed by atoms with Crippen molar-refractivity contribution in [3.05, 3.63) is 82.6 Å². The highest BCUT2D eigenvalue weighted by atomic mass is 35.5. The number of aromatic nitrogens is 3. The number of rotatable bonds is 6. The molecule has 1 aliphatic heterocycles. The molecular weight excluding hydrogens is 469 g/mol. The van der Waals surface area contributed by atoms with Crippen LogP contribution in [0.4, 0.5) is 5.82 Å². The number of carbonyl (C=O) groups excluding carboxylic acids is 1. The Morgan fingerprint density at radius 1 is 1.12 bits per heavy atom. The number of amides is 1. The van der Waals surface area contributed by atoms with Crippen LogP contribution in [0.15, 0.2) is 67.0 Å². The Hall–Kier alpha value is -3.09. The summed E-state index contributed by atoms with van der Waals surface area (Å²) in [5, 5.41) is 9.19. The molecule has 2 aromatic carbocycles. The second-order valence-electron chi connectivity index (χ2n) is 8.54. The molecule has 174 valence electrons. The van der Waals surface area contributed by atoms with Crippen LogP contribution in [0.3, 0.4) is 0 Å². The summed E-state index contributed by atoms with van der Waals surface area (Å²) in [6.45, 7) is 2.09. The van der Waals surface area contributed by atoms with Gasteiger partial charge in [-0.15, -0.1) is 0 Å². The van der Waals surface area contributed by atoms with Crippen LogP contribution in [0.1, 0.15) is 18.4 Å². The maximum Gasteiger partial charge on any atom is 0.224 e. The standard InChI is InChI=1S/C26H25Cl2N5O/c27-20-9-7-18(8-10-20)11-12-30-26(34)19-4-3-14-32(17-19)25-24-16-23(31-33(24)15-13-29-25)21-5-1-2-6-22(21)28/h1-2,5-10,13,15-16,19H,3-4,11-12,14,17H2,(H,30,34). The molecule has 2 aromatic heterocycles. The van der Waals surface area contributed by atoms with Gasteiger partial charge in [0, 0.05) is 42.6 Å². The van der Waals surface area contributed by atoms with Gasteiger partial charge in [-0.25, -0.2) is 9.50 Å². The smallest absolute Gasteiger partial charge is 0.224 e. The molecule has 0 radical (unpaired) electrons. The van der Waals surface area contributed by atoms with Crippen molar-refractivity contribution >= 4 is 40.4 Å². The molecule has 0 spiro atoms. The molecule has 1 N–H and O–H groups in total. The molecule has 1 aliphatic rings. The van der Waals surface area contributed by atoms with Crippen molar-refractivity contribution in [2.45, 2.75) is 19.3 Å². The summed E-state index contributed by atoms with van der Waals surface area (Å²) in [4.78, 5) is 19.7. The maximum atomic E-state index is 12.9. The lowest BCUT2D eigenvalue weighted by Crippen LogP contribution is -2.44. The first-order chi connectivity index (χ1) is 16.6. The van der Waals surface area contributed by atoms with Crippen molar-refractivity contribution in [1.29, 1.82) is 0 Å². The van der Waals surface area contributed by atoms with Gasteiger partial charge in [-0.1, -0.05) is 53.5 Å². The minimum Gasteiger partial charge on any atom is -0.355 e. The Bertz CT molecular complexity index is 1300. The maximum absolute atomic E-state index is 12.9. The van der Waals surface area contributed by atoms with E-state index in [-0.39, 0.29) is 11.8 Å². The van der Waals surface area contributed by atoms with Crippen LogP contribution in [0.2, 0.25) is 10.0 Å². The van der Waals surface area contributed by atoms with E-state index in [1.807, 2.05) is 65.3 Å². The number of nitrogens with zero attached hydrogens (tertiary/aromatic N) is 4. The number of hydrogen-bond donors (Lipinski definition) is 1. The third-order valence-corrected chi connectivity index (χ3v) is 6.82. The van der Waals surface area contributed by atoms with Crippen molar-refractivity contribution < 1.29 is 4.79 Å². The van der Waals surface area contributed by atoms with Gasteiger partial charge in [0.2, 0.25) is 5.91 Å². The lowest BCUT2D eigenvalue weighted by molar-refractivity contribution is -0.125. The summed E-state index contributed by atoms with van der Waals surface area (Å²) in [5.74, 6) is 0.856. The quantitative estimate of drug-likeness (QED) is 0.396. The third-order valence-electron chi connectivity index (χ3n) is 6.24. The number of nitrogens with one attached hydrogen (secondary N) is 1. The molecule has 1 amide bonds. The largest absolute Gasteiger partial charge is 0.355 e. The van der Waals surface area contributed by atoms with Gasteiger partial charge in [-0.05, 0) is 49.1 Å². The minimum absolute atomic E-state index is 0.0769. The Morgan fingerprint density at radius 2 is 1.94 bits per heavy atom. The molecule has 6 nitrogen and oxygen atoms in total. The van der Waals surface area contributed by atoms with E-state index in [0.717, 1.165) is 59.0 Å². The number of hydrogen-bond acceptors (Lipinski definition) is 4. The first kappa shape index (κ1) is 22.7. The highest BCUT2D eigenvalue weighted by Crippen LogP contribution is 2.31. The second-order valence-corrected chi connectivity index (χ2v) is 9.39. The van der Waals surface area contributed by atoms with Crippen molar-refractivity contribution in [2.24, 2.45) is 5.92 Å². The SMILES string of the molecule is O=C(NCCc1ccc(Cl)cc1)C1CCCN(c2nccn3nc(-c4ccccc4Cl)cc23)C1. The molecule has 0 aliphatic carbocycles. The summed E-state index contributed by atoms with van der Waals surface area (Å²) < 4.78 is 1.83. The molecule has 3 heterocycles. The Morgan fingerprint density at radius 3 is 2.76 bits per heavy atom. The van der Waals surface area contributed by atoms with Crippen LogP contribution in [-0.2, 0) is 11.2 Å². The molecule has 1 saturated heterocycles. The van der Waals surface area contributed by atoms with E-state index in [2.05, 4.69) is 15.2 Å². The van der Waals surface area contributed by atoms with E-state index in [0.29, 0.717) is 18.1 Å². The van der Waals surface area contributed by atoms with Crippen LogP contribution in [0.5, 0.6) is 0 Å². The molecule has 0 saturated carbocycles. The van der Waals surface area contributed by atoms with Crippen LogP contribution < -0.4 is 10.2 Å². The molecule has 5 rings (SSSR count). The summed E-state index contributed by atoms with van der Waals surface area (Å²) in [6, 6.07) is 17.4. The third kappa shape index (κ3) is 4.88. The summed E-state index contributed by atoms with van der Waals surface area (Å²) >= 11 is 12.3. The topological polar surface area (TPSA) is 62.5 Å². The van der Waals surface area contributed by atoms with Gasteiger partial charge < -0.3 is 10.2 Å². The normalized spacial score (nSPS) is 16.1. The van der Waals surface area contributed by atoms with Crippen LogP contribution in [0.25, 0.3) is 16.8 Å². The highest BCUT2D eigenvalue weighted by molar-refractivity contribution is 6.33. The number of piperidine rings is 1. The van der Waals surface area contributed by atoms with Crippen molar-refractivity contribution in [3.63, 3.8) is 0 Å². The van der Waals surface area contributed by atoms with Gasteiger partial charge in [-0.2, -0.15) is 5.10 Å². The van der Waals surface area contributed by atoms with Gasteiger partial charge in [0.25, 0.3) is 0 Å². The molecule has 1 unspecified atom stereocenters. The zero-order chi connectivity index (χ0) is 23.5. The summed E-state index contributed by atoms with van der Waals surface area (Å²) in [5.41, 5.74) is 3.74. The van der Waals surface area contributed by atoms with Gasteiger partial charge in [0.1, 0.15) is 5.52 Å². The van der Waals surface area contributed by atoms with Crippen LogP contribution in [0, 0.1) is 5.92 Å². The molecule has 0 bridgehead atoms. The first-order valence-corrected chi connectivity index (χ1v) is 12.2. The predicted octanol–water partition coefficient (Wildman–Crippen LogP) is 5.28. The minimum atomic E-state index is -0.0769. The van der Waals surface area contributed by atoms with Crippen LogP contribution >= 0.6 is 23.2 Å². The molecule has 8 heteroatoms. The molecule has 1 atom stereocenters. The van der Waals surface area contributed by atoms with Crippen molar-refractivity contribution in [1.82, 2.24) is 19.9 Å². The van der Waals surface area contributed by atoms with Crippen molar-refractivity contribution in [3.8, 4) is 11.3 Å².